The van der Waals surface area contributed by atoms with Gasteiger partial charge in [-0.25, -0.2) is 34.4 Å². The van der Waals surface area contributed by atoms with Gasteiger partial charge in [0.1, 0.15) is 68.3 Å². The normalized spacial score (nSPS) is 20.2. The molecular formula is C48H53ClF4N4O8S2. The van der Waals surface area contributed by atoms with Gasteiger partial charge < -0.3 is 25.0 Å². The summed E-state index contributed by atoms with van der Waals surface area (Å²) in [5.41, 5.74) is 10.1. The molecule has 3 N–H and O–H groups in total. The number of ketones is 2. The second-order valence-corrected chi connectivity index (χ2v) is 22.7. The highest BCUT2D eigenvalue weighted by atomic mass is 35.7. The van der Waals surface area contributed by atoms with Crippen LogP contribution in [0, 0.1) is 23.3 Å². The average molecular weight is 990 g/mol. The van der Waals surface area contributed by atoms with Crippen molar-refractivity contribution in [3.63, 3.8) is 0 Å². The van der Waals surface area contributed by atoms with Gasteiger partial charge in [0.05, 0.1) is 16.5 Å². The summed E-state index contributed by atoms with van der Waals surface area (Å²) in [6, 6.07) is 11.6. The van der Waals surface area contributed by atoms with Crippen molar-refractivity contribution >= 4 is 52.7 Å². The number of likely N-dealkylation sites (tertiary alicyclic amines) is 2. The maximum atomic E-state index is 14.2. The van der Waals surface area contributed by atoms with Crippen LogP contribution in [0.3, 0.4) is 0 Å². The summed E-state index contributed by atoms with van der Waals surface area (Å²) in [5, 5.41) is 0. The van der Waals surface area contributed by atoms with Crippen LogP contribution >= 0.6 is 10.7 Å². The summed E-state index contributed by atoms with van der Waals surface area (Å²) in [4.78, 5) is 28.7. The largest absolute Gasteiger partial charge is 0.490 e. The zero-order chi connectivity index (χ0) is 48.1. The van der Waals surface area contributed by atoms with Crippen LogP contribution in [0.25, 0.3) is 0 Å². The Morgan fingerprint density at radius 2 is 1.07 bits per heavy atom. The molecule has 4 fully saturated rings. The second-order valence-electron chi connectivity index (χ2n) is 18.6. The quantitative estimate of drug-likeness (QED) is 0.1000. The lowest BCUT2D eigenvalue weighted by molar-refractivity contribution is -0.126. The van der Waals surface area contributed by atoms with Gasteiger partial charge in [0, 0.05) is 90.8 Å². The lowest BCUT2D eigenvalue weighted by Crippen LogP contribution is -2.39. The van der Waals surface area contributed by atoms with Crippen molar-refractivity contribution in [2.75, 3.05) is 50.7 Å². The molecule has 0 radical (unpaired) electrons. The zero-order valence-corrected chi connectivity index (χ0v) is 39.6. The highest BCUT2D eigenvalue weighted by Gasteiger charge is 2.52. The second kappa shape index (κ2) is 19.0. The minimum absolute atomic E-state index is 0.0280. The van der Waals surface area contributed by atoms with E-state index in [0.717, 1.165) is 148 Å². The first kappa shape index (κ1) is 48.7. The van der Waals surface area contributed by atoms with Gasteiger partial charge in [-0.05, 0) is 113 Å². The molecule has 4 aromatic rings. The van der Waals surface area contributed by atoms with Gasteiger partial charge in [0.2, 0.25) is 0 Å². The summed E-state index contributed by atoms with van der Waals surface area (Å²) in [6.45, 7) is 3.92. The fourth-order valence-corrected chi connectivity index (χ4v) is 12.1. The Labute approximate surface area is 392 Å². The summed E-state index contributed by atoms with van der Waals surface area (Å²) >= 11 is 0. The van der Waals surface area contributed by atoms with Crippen molar-refractivity contribution < 1.29 is 53.5 Å². The van der Waals surface area contributed by atoms with E-state index >= 15 is 0 Å². The molecule has 4 aliphatic carbocycles. The molecule has 0 amide bonds. The minimum atomic E-state index is -4.31. The maximum absolute atomic E-state index is 14.2. The number of piperidine rings is 2. The molecule has 2 heterocycles. The van der Waals surface area contributed by atoms with Gasteiger partial charge in [-0.1, -0.05) is 12.8 Å². The Morgan fingerprint density at radius 3 is 1.49 bits per heavy atom. The predicted molar refractivity (Wildman–Crippen MR) is 245 cm³/mol. The molecule has 360 valence electrons. The number of carbonyl (C=O) groups is 2. The summed E-state index contributed by atoms with van der Waals surface area (Å²) in [6.07, 6.45) is 10.3. The van der Waals surface area contributed by atoms with Crippen LogP contribution in [0.5, 0.6) is 11.5 Å². The highest BCUT2D eigenvalue weighted by Crippen LogP contribution is 2.54. The Kier molecular flexibility index (Phi) is 13.8. The number of Topliss-reactive ketones (excluding diaryl/α,β-unsaturated/α-hetero) is 2. The number of halogens is 5. The number of benzene rings is 4. The van der Waals surface area contributed by atoms with Crippen molar-refractivity contribution in [3.05, 3.63) is 106 Å². The van der Waals surface area contributed by atoms with E-state index in [0.29, 0.717) is 30.1 Å². The first-order chi connectivity index (χ1) is 31.7. The van der Waals surface area contributed by atoms with Crippen LogP contribution in [-0.4, -0.2) is 90.7 Å². The minimum Gasteiger partial charge on any atom is -0.490 e. The number of hydrogen-bond donors (Lipinski definition) is 2. The molecule has 0 unspecified atom stereocenters. The van der Waals surface area contributed by atoms with Gasteiger partial charge in [0.15, 0.2) is 0 Å². The summed E-state index contributed by atoms with van der Waals surface area (Å²) in [7, 11) is 0.591. The predicted octanol–water partition coefficient (Wildman–Crippen LogP) is 7.97. The molecule has 10 rings (SSSR count). The number of nitrogens with two attached hydrogens (primary N) is 1. The number of nitrogens with zero attached hydrogens (tertiary/aromatic N) is 2. The van der Waals surface area contributed by atoms with Gasteiger partial charge >= 0.3 is 0 Å². The molecule has 0 atom stereocenters. The van der Waals surface area contributed by atoms with Crippen molar-refractivity contribution in [2.24, 2.45) is 0 Å². The van der Waals surface area contributed by atoms with E-state index in [1.165, 1.54) is 0 Å². The molecule has 0 bridgehead atoms. The van der Waals surface area contributed by atoms with Gasteiger partial charge in [-0.2, -0.15) is 0 Å². The Morgan fingerprint density at radius 1 is 0.642 bits per heavy atom. The molecule has 0 aromatic heterocycles. The number of rotatable bonds is 8. The van der Waals surface area contributed by atoms with Crippen LogP contribution in [0.4, 0.5) is 28.9 Å². The monoisotopic (exact) mass is 988 g/mol. The van der Waals surface area contributed by atoms with E-state index in [-0.39, 0.29) is 35.5 Å². The third-order valence-electron chi connectivity index (χ3n) is 14.1. The van der Waals surface area contributed by atoms with E-state index in [4.69, 9.17) is 25.9 Å². The first-order valence-corrected chi connectivity index (χ1v) is 26.2. The van der Waals surface area contributed by atoms with E-state index in [1.807, 2.05) is 12.1 Å². The highest BCUT2D eigenvalue weighted by molar-refractivity contribution is 8.13. The standard InChI is InChI=1S/C24H26F2N2O4S.C18H24N2O2.C6H3ClF2O2S/c1-28-9-5-17(6-10-28)32-21-13-16(12-19-18(21)14-23(29)24(19)7-2-8-24)27-33(30,31)22-4-3-15(25)11-20(22)26;1-20-7-3-13(4-8-20)22-16-10-12(19)9-15-14(16)11-17(21)18(15)5-2-6-18;7-12(10,11)6-2-1-4(8)3-5(6)9/h3-4,11-13,17,27H,2,5-10,14H2,1H3;9-10,13H,2-8,11,19H2,1H3;1-3H. The molecule has 2 saturated carbocycles. The number of carbonyl (C=O) groups excluding carboxylic acids is 2. The third kappa shape index (κ3) is 10.1. The third-order valence-corrected chi connectivity index (χ3v) is 16.9. The van der Waals surface area contributed by atoms with Crippen molar-refractivity contribution in [1.29, 1.82) is 0 Å². The average Bonchev–Trinajstić information content (AvgIpc) is 3.69. The molecule has 2 spiro atoms. The lowest BCUT2D eigenvalue weighted by atomic mass is 9.64. The molecule has 2 aliphatic heterocycles. The number of sulfonamides is 1. The number of ether oxygens (including phenoxy) is 2. The Bertz CT molecular complexity index is 2810. The maximum Gasteiger partial charge on any atom is 0.264 e. The lowest BCUT2D eigenvalue weighted by Gasteiger charge is -2.38. The number of nitrogen functional groups attached to an aromatic ring is 1. The van der Waals surface area contributed by atoms with Gasteiger partial charge in [0.25, 0.3) is 19.1 Å². The van der Waals surface area contributed by atoms with Crippen LogP contribution in [0.15, 0.2) is 70.5 Å². The first-order valence-electron chi connectivity index (χ1n) is 22.4. The fourth-order valence-electron chi connectivity index (χ4n) is 10.1. The van der Waals surface area contributed by atoms with Gasteiger partial charge in [-0.15, -0.1) is 0 Å². The van der Waals surface area contributed by atoms with E-state index in [1.54, 1.807) is 12.1 Å². The number of nitrogens with one attached hydrogen (secondary N) is 1. The summed E-state index contributed by atoms with van der Waals surface area (Å²) < 4.78 is 114. The van der Waals surface area contributed by atoms with Crippen molar-refractivity contribution in [1.82, 2.24) is 9.80 Å². The smallest absolute Gasteiger partial charge is 0.264 e. The Hall–Kier alpha value is -4.75. The van der Waals surface area contributed by atoms with E-state index < -0.39 is 57.5 Å². The molecule has 2 saturated heterocycles. The number of anilines is 2. The topological polar surface area (TPSA) is 165 Å². The molecule has 6 aliphatic rings. The molecular weight excluding hydrogens is 936 g/mol. The number of hydrogen-bond acceptors (Lipinski definition) is 11. The zero-order valence-electron chi connectivity index (χ0n) is 37.2. The molecule has 4 aromatic carbocycles. The van der Waals surface area contributed by atoms with Crippen LogP contribution in [-0.2, 0) is 52.3 Å². The van der Waals surface area contributed by atoms with E-state index in [9.17, 15) is 44.0 Å². The van der Waals surface area contributed by atoms with Crippen molar-refractivity contribution in [2.45, 2.75) is 110 Å². The SMILES string of the molecule is CN1CCC(Oc2cc(N)cc3c2CC(=O)C32CCC2)CC1.CN1CCC(Oc2cc(NS(=O)(=O)c3ccc(F)cc3F)cc3c2CC(=O)C32CCC2)CC1.O=S(=O)(Cl)c1ccc(F)cc1F. The fraction of sp³-hybridized carbons (Fsp3) is 0.458. The van der Waals surface area contributed by atoms with Crippen LogP contribution in [0.2, 0.25) is 0 Å². The molecule has 12 nitrogen and oxygen atoms in total. The summed E-state index contributed by atoms with van der Waals surface area (Å²) in [5.74, 6) is -2.19. The van der Waals surface area contributed by atoms with Crippen LogP contribution in [0.1, 0.15) is 86.5 Å². The Balaban J connectivity index is 0.000000153. The van der Waals surface area contributed by atoms with Crippen LogP contribution < -0.4 is 19.9 Å². The van der Waals surface area contributed by atoms with Crippen molar-refractivity contribution in [3.8, 4) is 11.5 Å². The number of fused-ring (bicyclic) bond motifs is 4. The van der Waals surface area contributed by atoms with Gasteiger partial charge in [-0.3, -0.25) is 14.3 Å². The molecule has 67 heavy (non-hydrogen) atoms. The van der Waals surface area contributed by atoms with E-state index in [2.05, 4.69) is 28.6 Å². The molecule has 19 heteroatoms.